The molecule has 0 aliphatic carbocycles. The first kappa shape index (κ1) is 14.8. The molecule has 1 saturated heterocycles. The molecule has 0 unspecified atom stereocenters. The summed E-state index contributed by atoms with van der Waals surface area (Å²) in [6, 6.07) is 0. The van der Waals surface area contributed by atoms with Crippen molar-refractivity contribution in [3.05, 3.63) is 10.6 Å². The van der Waals surface area contributed by atoms with Gasteiger partial charge in [0.25, 0.3) is 0 Å². The largest absolute Gasteiger partial charge is 0.476 e. The number of carbonyl (C=O) groups excluding carboxylic acids is 1. The topological polar surface area (TPSA) is 82.5 Å². The lowest BCUT2D eigenvalue weighted by Gasteiger charge is -2.26. The SMILES string of the molecule is Cc1sc(NCCC(=O)N2CCCCC2)nc1C(=O)O. The van der Waals surface area contributed by atoms with Crippen molar-refractivity contribution in [2.24, 2.45) is 0 Å². The number of nitrogens with one attached hydrogen (secondary N) is 1. The summed E-state index contributed by atoms with van der Waals surface area (Å²) in [5.41, 5.74) is 0.0832. The molecular weight excluding hydrogens is 278 g/mol. The van der Waals surface area contributed by atoms with Crippen LogP contribution in [0.1, 0.15) is 41.0 Å². The Balaban J connectivity index is 1.79. The van der Waals surface area contributed by atoms with Crippen LogP contribution in [0.2, 0.25) is 0 Å². The van der Waals surface area contributed by atoms with E-state index >= 15 is 0 Å². The number of hydrogen-bond donors (Lipinski definition) is 2. The number of amides is 1. The average molecular weight is 297 g/mol. The van der Waals surface area contributed by atoms with Gasteiger partial charge in [-0.2, -0.15) is 0 Å². The molecule has 6 nitrogen and oxygen atoms in total. The summed E-state index contributed by atoms with van der Waals surface area (Å²) in [5.74, 6) is -0.861. The predicted octanol–water partition coefficient (Wildman–Crippen LogP) is 1.96. The number of carboxylic acids is 1. The number of nitrogens with zero attached hydrogens (tertiary/aromatic N) is 2. The maximum Gasteiger partial charge on any atom is 0.355 e. The van der Waals surface area contributed by atoms with Gasteiger partial charge >= 0.3 is 5.97 Å². The van der Waals surface area contributed by atoms with E-state index in [1.807, 2.05) is 4.90 Å². The van der Waals surface area contributed by atoms with Gasteiger partial charge in [-0.15, -0.1) is 11.3 Å². The molecule has 1 amide bonds. The highest BCUT2D eigenvalue weighted by molar-refractivity contribution is 7.15. The number of carboxylic acid groups (broad SMARTS) is 1. The highest BCUT2D eigenvalue weighted by Crippen LogP contribution is 2.22. The molecule has 0 atom stereocenters. The van der Waals surface area contributed by atoms with Gasteiger partial charge in [-0.05, 0) is 26.2 Å². The van der Waals surface area contributed by atoms with Crippen LogP contribution in [-0.2, 0) is 4.79 Å². The van der Waals surface area contributed by atoms with Crippen molar-refractivity contribution in [2.45, 2.75) is 32.6 Å². The fraction of sp³-hybridized carbons (Fsp3) is 0.615. The van der Waals surface area contributed by atoms with E-state index in [2.05, 4.69) is 10.3 Å². The average Bonchev–Trinajstić information content (AvgIpc) is 2.81. The minimum absolute atomic E-state index is 0.0832. The van der Waals surface area contributed by atoms with Gasteiger partial charge in [0, 0.05) is 30.9 Å². The quantitative estimate of drug-likeness (QED) is 0.868. The van der Waals surface area contributed by atoms with E-state index in [0.717, 1.165) is 25.9 Å². The Morgan fingerprint density at radius 2 is 2.05 bits per heavy atom. The first-order valence-electron chi connectivity index (χ1n) is 6.80. The summed E-state index contributed by atoms with van der Waals surface area (Å²) in [6.45, 7) is 3.93. The van der Waals surface area contributed by atoms with Crippen LogP contribution in [0.5, 0.6) is 0 Å². The maximum absolute atomic E-state index is 11.9. The molecular formula is C13H19N3O3S. The molecule has 0 radical (unpaired) electrons. The summed E-state index contributed by atoms with van der Waals surface area (Å²) < 4.78 is 0. The zero-order valence-electron chi connectivity index (χ0n) is 11.5. The smallest absolute Gasteiger partial charge is 0.355 e. The second-order valence-electron chi connectivity index (χ2n) is 4.85. The number of likely N-dealkylation sites (tertiary alicyclic amines) is 1. The number of aromatic carboxylic acids is 1. The molecule has 2 N–H and O–H groups in total. The predicted molar refractivity (Wildman–Crippen MR) is 77.3 cm³/mol. The lowest BCUT2D eigenvalue weighted by atomic mass is 10.1. The van der Waals surface area contributed by atoms with Crippen LogP contribution in [0.3, 0.4) is 0 Å². The number of piperidine rings is 1. The Morgan fingerprint density at radius 1 is 1.35 bits per heavy atom. The molecule has 2 heterocycles. The summed E-state index contributed by atoms with van der Waals surface area (Å²) in [4.78, 5) is 29.4. The number of rotatable bonds is 5. The van der Waals surface area contributed by atoms with E-state index in [9.17, 15) is 9.59 Å². The maximum atomic E-state index is 11.9. The molecule has 0 saturated carbocycles. The Morgan fingerprint density at radius 3 is 2.65 bits per heavy atom. The van der Waals surface area contributed by atoms with Crippen LogP contribution in [0.15, 0.2) is 0 Å². The molecule has 7 heteroatoms. The van der Waals surface area contributed by atoms with Crippen LogP contribution in [0.25, 0.3) is 0 Å². The molecule has 0 spiro atoms. The molecule has 1 aromatic rings. The summed E-state index contributed by atoms with van der Waals surface area (Å²) >= 11 is 1.30. The van der Waals surface area contributed by atoms with Crippen LogP contribution in [0.4, 0.5) is 5.13 Å². The third kappa shape index (κ3) is 3.69. The molecule has 1 aliphatic rings. The number of hydrogen-bond acceptors (Lipinski definition) is 5. The fourth-order valence-electron chi connectivity index (χ4n) is 2.25. The summed E-state index contributed by atoms with van der Waals surface area (Å²) in [7, 11) is 0. The zero-order chi connectivity index (χ0) is 14.5. The van der Waals surface area contributed by atoms with E-state index in [0.29, 0.717) is 23.0 Å². The van der Waals surface area contributed by atoms with Crippen molar-refractivity contribution in [3.8, 4) is 0 Å². The molecule has 0 bridgehead atoms. The number of carbonyl (C=O) groups is 2. The van der Waals surface area contributed by atoms with Crippen LogP contribution >= 0.6 is 11.3 Å². The highest BCUT2D eigenvalue weighted by atomic mass is 32.1. The lowest BCUT2D eigenvalue weighted by Crippen LogP contribution is -2.36. The van der Waals surface area contributed by atoms with Crippen molar-refractivity contribution in [3.63, 3.8) is 0 Å². The molecule has 20 heavy (non-hydrogen) atoms. The fourth-order valence-corrected chi connectivity index (χ4v) is 3.08. The van der Waals surface area contributed by atoms with Crippen molar-refractivity contribution in [2.75, 3.05) is 25.0 Å². The molecule has 110 valence electrons. The van der Waals surface area contributed by atoms with Gasteiger partial charge in [0.1, 0.15) is 0 Å². The second kappa shape index (κ2) is 6.69. The van der Waals surface area contributed by atoms with Crippen molar-refractivity contribution in [1.29, 1.82) is 0 Å². The minimum atomic E-state index is -1.02. The van der Waals surface area contributed by atoms with Gasteiger partial charge in [0.15, 0.2) is 10.8 Å². The third-order valence-electron chi connectivity index (χ3n) is 3.32. The van der Waals surface area contributed by atoms with E-state index in [1.165, 1.54) is 17.8 Å². The van der Waals surface area contributed by atoms with Gasteiger partial charge in [0.05, 0.1) is 0 Å². The molecule has 1 aromatic heterocycles. The van der Waals surface area contributed by atoms with Crippen LogP contribution < -0.4 is 5.32 Å². The molecule has 0 aromatic carbocycles. The first-order valence-corrected chi connectivity index (χ1v) is 7.62. The van der Waals surface area contributed by atoms with Gasteiger partial charge in [-0.1, -0.05) is 0 Å². The Kier molecular flexibility index (Phi) is 4.94. The van der Waals surface area contributed by atoms with Gasteiger partial charge in [-0.3, -0.25) is 4.79 Å². The Bertz CT molecular complexity index is 495. The van der Waals surface area contributed by atoms with Gasteiger partial charge < -0.3 is 15.3 Å². The number of thiazole rings is 1. The summed E-state index contributed by atoms with van der Waals surface area (Å²) in [6.07, 6.45) is 3.80. The third-order valence-corrected chi connectivity index (χ3v) is 4.25. The number of aryl methyl sites for hydroxylation is 1. The molecule has 1 fully saturated rings. The van der Waals surface area contributed by atoms with E-state index < -0.39 is 5.97 Å². The standard InChI is InChI=1S/C13H19N3O3S/c1-9-11(12(18)19)15-13(20-9)14-6-5-10(17)16-7-3-2-4-8-16/h2-8H2,1H3,(H,14,15)(H,18,19). The highest BCUT2D eigenvalue weighted by Gasteiger charge is 2.17. The van der Waals surface area contributed by atoms with Crippen molar-refractivity contribution >= 4 is 28.3 Å². The first-order chi connectivity index (χ1) is 9.58. The van der Waals surface area contributed by atoms with Crippen molar-refractivity contribution < 1.29 is 14.7 Å². The molecule has 2 rings (SSSR count). The van der Waals surface area contributed by atoms with E-state index in [-0.39, 0.29) is 11.6 Å². The minimum Gasteiger partial charge on any atom is -0.476 e. The number of aromatic nitrogens is 1. The zero-order valence-corrected chi connectivity index (χ0v) is 12.3. The van der Waals surface area contributed by atoms with E-state index in [4.69, 9.17) is 5.11 Å². The van der Waals surface area contributed by atoms with Crippen LogP contribution in [-0.4, -0.2) is 46.5 Å². The van der Waals surface area contributed by atoms with E-state index in [1.54, 1.807) is 6.92 Å². The number of anilines is 1. The molecule has 1 aliphatic heterocycles. The van der Waals surface area contributed by atoms with Crippen LogP contribution in [0, 0.1) is 6.92 Å². The Hall–Kier alpha value is -1.63. The van der Waals surface area contributed by atoms with Crippen molar-refractivity contribution in [1.82, 2.24) is 9.88 Å². The van der Waals surface area contributed by atoms with Gasteiger partial charge in [-0.25, -0.2) is 9.78 Å². The monoisotopic (exact) mass is 297 g/mol. The lowest BCUT2D eigenvalue weighted by molar-refractivity contribution is -0.131. The Labute approximate surface area is 121 Å². The van der Waals surface area contributed by atoms with Gasteiger partial charge in [0.2, 0.25) is 5.91 Å². The normalized spacial score (nSPS) is 15.2. The second-order valence-corrected chi connectivity index (χ2v) is 6.05. The summed E-state index contributed by atoms with van der Waals surface area (Å²) in [5, 5.41) is 12.5.